The Labute approximate surface area is 78.9 Å². The fraction of sp³-hybridized carbons (Fsp3) is 0.429. The van der Waals surface area contributed by atoms with Crippen molar-refractivity contribution < 1.29 is 34.8 Å². The monoisotopic (exact) mass is 206 g/mol. The molecule has 0 aliphatic carbocycles. The predicted molar refractivity (Wildman–Crippen MR) is 42.4 cm³/mol. The number of hydrogen-bond donors (Lipinski definition) is 4. The van der Waals surface area contributed by atoms with Crippen molar-refractivity contribution in [3.8, 4) is 0 Å². The van der Waals surface area contributed by atoms with Crippen LogP contribution in [0.2, 0.25) is 0 Å². The second kappa shape index (κ2) is 5.95. The zero-order chi connectivity index (χ0) is 11.1. The molecule has 7 heteroatoms. The standard InChI is InChI=1S/C7H10O7/c8-2-1-3-14-7(13)5(10)4(9)6(11)12/h1-2,4-5,8-10H,3H2,(H,11,12). The summed E-state index contributed by atoms with van der Waals surface area (Å²) in [4.78, 5) is 20.9. The first-order valence-corrected chi connectivity index (χ1v) is 3.55. The van der Waals surface area contributed by atoms with Gasteiger partial charge in [0, 0.05) is 0 Å². The van der Waals surface area contributed by atoms with Gasteiger partial charge in [-0.1, -0.05) is 0 Å². The number of carboxylic acids is 1. The van der Waals surface area contributed by atoms with Gasteiger partial charge in [-0.05, 0) is 6.08 Å². The van der Waals surface area contributed by atoms with E-state index < -0.39 is 24.1 Å². The molecule has 0 aliphatic rings. The van der Waals surface area contributed by atoms with Gasteiger partial charge in [-0.25, -0.2) is 9.59 Å². The molecule has 0 aromatic carbocycles. The summed E-state index contributed by atoms with van der Waals surface area (Å²) in [6.07, 6.45) is -2.69. The van der Waals surface area contributed by atoms with Crippen LogP contribution in [0.15, 0.2) is 12.3 Å². The summed E-state index contributed by atoms with van der Waals surface area (Å²) in [6, 6.07) is 0. The lowest BCUT2D eigenvalue weighted by Crippen LogP contribution is -2.40. The van der Waals surface area contributed by atoms with Gasteiger partial charge in [-0.15, -0.1) is 0 Å². The predicted octanol–water partition coefficient (Wildman–Crippen LogP) is -1.59. The Hall–Kier alpha value is -1.60. The summed E-state index contributed by atoms with van der Waals surface area (Å²) in [6.45, 7) is -0.321. The molecular weight excluding hydrogens is 196 g/mol. The normalized spacial score (nSPS) is 15.0. The molecule has 0 aromatic heterocycles. The highest BCUT2D eigenvalue weighted by atomic mass is 16.5. The number of hydrogen-bond acceptors (Lipinski definition) is 6. The van der Waals surface area contributed by atoms with Gasteiger partial charge < -0.3 is 25.2 Å². The zero-order valence-corrected chi connectivity index (χ0v) is 7.03. The molecule has 0 bridgehead atoms. The Morgan fingerprint density at radius 2 is 1.86 bits per heavy atom. The van der Waals surface area contributed by atoms with Gasteiger partial charge in [0.2, 0.25) is 0 Å². The van der Waals surface area contributed by atoms with Gasteiger partial charge in [0.25, 0.3) is 0 Å². The first kappa shape index (κ1) is 12.4. The van der Waals surface area contributed by atoms with Crippen LogP contribution in [0.3, 0.4) is 0 Å². The number of carboxylic acid groups (broad SMARTS) is 1. The molecule has 0 fully saturated rings. The lowest BCUT2D eigenvalue weighted by Gasteiger charge is -2.11. The number of aliphatic hydroxyl groups is 3. The van der Waals surface area contributed by atoms with Gasteiger partial charge in [0.1, 0.15) is 6.61 Å². The highest BCUT2D eigenvalue weighted by Crippen LogP contribution is 1.97. The summed E-state index contributed by atoms with van der Waals surface area (Å²) >= 11 is 0. The van der Waals surface area contributed by atoms with Crippen LogP contribution in [-0.4, -0.2) is 51.2 Å². The molecule has 0 heterocycles. The maximum absolute atomic E-state index is 10.8. The molecule has 0 amide bonds. The number of rotatable bonds is 5. The Morgan fingerprint density at radius 1 is 1.29 bits per heavy atom. The van der Waals surface area contributed by atoms with E-state index in [9.17, 15) is 9.59 Å². The minimum absolute atomic E-state index is 0.321. The molecule has 0 spiro atoms. The highest BCUT2D eigenvalue weighted by Gasteiger charge is 2.31. The van der Waals surface area contributed by atoms with E-state index in [0.717, 1.165) is 6.08 Å². The average Bonchev–Trinajstić information content (AvgIpc) is 2.15. The van der Waals surface area contributed by atoms with Gasteiger partial charge in [-0.3, -0.25) is 0 Å². The molecule has 0 aliphatic heterocycles. The molecule has 0 radical (unpaired) electrons. The number of carbonyl (C=O) groups is 2. The minimum Gasteiger partial charge on any atom is -0.516 e. The van der Waals surface area contributed by atoms with Crippen LogP contribution in [-0.2, 0) is 14.3 Å². The summed E-state index contributed by atoms with van der Waals surface area (Å²) in [7, 11) is 0. The SMILES string of the molecule is O=C(O)C(O)C(O)C(=O)OCC=CO. The molecule has 0 aromatic rings. The van der Waals surface area contributed by atoms with Crippen molar-refractivity contribution in [2.75, 3.05) is 6.61 Å². The Balaban J connectivity index is 4.05. The summed E-state index contributed by atoms with van der Waals surface area (Å²) in [5.74, 6) is -3.01. The van der Waals surface area contributed by atoms with Crippen LogP contribution in [0.5, 0.6) is 0 Å². The van der Waals surface area contributed by atoms with Crippen LogP contribution in [0.25, 0.3) is 0 Å². The zero-order valence-electron chi connectivity index (χ0n) is 7.03. The molecule has 4 N–H and O–H groups in total. The third-order valence-corrected chi connectivity index (χ3v) is 1.22. The van der Waals surface area contributed by atoms with Crippen molar-refractivity contribution >= 4 is 11.9 Å². The summed E-state index contributed by atoms with van der Waals surface area (Å²) in [5.41, 5.74) is 0. The highest BCUT2D eigenvalue weighted by molar-refractivity contribution is 5.84. The lowest BCUT2D eigenvalue weighted by atomic mass is 10.2. The third-order valence-electron chi connectivity index (χ3n) is 1.22. The number of carbonyl (C=O) groups excluding carboxylic acids is 1. The molecule has 0 rings (SSSR count). The number of aliphatic hydroxyl groups excluding tert-OH is 3. The van der Waals surface area contributed by atoms with E-state index in [1.165, 1.54) is 0 Å². The fourth-order valence-electron chi connectivity index (χ4n) is 0.523. The number of ether oxygens (including phenoxy) is 1. The van der Waals surface area contributed by atoms with Crippen LogP contribution < -0.4 is 0 Å². The lowest BCUT2D eigenvalue weighted by molar-refractivity contribution is -0.169. The van der Waals surface area contributed by atoms with E-state index >= 15 is 0 Å². The Morgan fingerprint density at radius 3 is 2.29 bits per heavy atom. The first-order chi connectivity index (χ1) is 6.50. The van der Waals surface area contributed by atoms with Crippen molar-refractivity contribution in [1.29, 1.82) is 0 Å². The topological polar surface area (TPSA) is 124 Å². The maximum Gasteiger partial charge on any atom is 0.338 e. The Kier molecular flexibility index (Phi) is 5.27. The van der Waals surface area contributed by atoms with E-state index in [1.807, 2.05) is 0 Å². The van der Waals surface area contributed by atoms with Crippen molar-refractivity contribution in [3.63, 3.8) is 0 Å². The van der Waals surface area contributed by atoms with Crippen molar-refractivity contribution in [3.05, 3.63) is 12.3 Å². The Bertz CT molecular complexity index is 234. The average molecular weight is 206 g/mol. The van der Waals surface area contributed by atoms with Crippen molar-refractivity contribution in [2.45, 2.75) is 12.2 Å². The van der Waals surface area contributed by atoms with E-state index in [2.05, 4.69) is 4.74 Å². The largest absolute Gasteiger partial charge is 0.516 e. The van der Waals surface area contributed by atoms with E-state index in [4.69, 9.17) is 20.4 Å². The van der Waals surface area contributed by atoms with Gasteiger partial charge in [-0.2, -0.15) is 0 Å². The number of aliphatic carboxylic acids is 1. The molecule has 7 nitrogen and oxygen atoms in total. The van der Waals surface area contributed by atoms with E-state index in [0.29, 0.717) is 6.26 Å². The first-order valence-electron chi connectivity index (χ1n) is 3.55. The molecule has 0 saturated heterocycles. The number of esters is 1. The second-order valence-corrected chi connectivity index (χ2v) is 2.24. The molecule has 80 valence electrons. The van der Waals surface area contributed by atoms with Crippen LogP contribution in [0, 0.1) is 0 Å². The van der Waals surface area contributed by atoms with Gasteiger partial charge in [0.15, 0.2) is 12.2 Å². The van der Waals surface area contributed by atoms with Crippen LogP contribution in [0.4, 0.5) is 0 Å². The van der Waals surface area contributed by atoms with Gasteiger partial charge in [0.05, 0.1) is 6.26 Å². The van der Waals surface area contributed by atoms with E-state index in [1.54, 1.807) is 0 Å². The van der Waals surface area contributed by atoms with E-state index in [-0.39, 0.29) is 6.61 Å². The van der Waals surface area contributed by atoms with Crippen LogP contribution >= 0.6 is 0 Å². The smallest absolute Gasteiger partial charge is 0.338 e. The van der Waals surface area contributed by atoms with Crippen molar-refractivity contribution in [1.82, 2.24) is 0 Å². The molecule has 2 atom stereocenters. The quantitative estimate of drug-likeness (QED) is 0.315. The van der Waals surface area contributed by atoms with Gasteiger partial charge >= 0.3 is 11.9 Å². The molecule has 2 unspecified atom stereocenters. The summed E-state index contributed by atoms with van der Waals surface area (Å²) < 4.78 is 4.26. The van der Waals surface area contributed by atoms with Crippen LogP contribution in [0.1, 0.15) is 0 Å². The molecule has 0 saturated carbocycles. The third kappa shape index (κ3) is 3.87. The molecular formula is C7H10O7. The maximum atomic E-state index is 10.8. The minimum atomic E-state index is -2.22. The second-order valence-electron chi connectivity index (χ2n) is 2.24. The van der Waals surface area contributed by atoms with Crippen molar-refractivity contribution in [2.24, 2.45) is 0 Å². The summed E-state index contributed by atoms with van der Waals surface area (Å²) in [5, 5.41) is 33.9. The molecule has 14 heavy (non-hydrogen) atoms. The fourth-order valence-corrected chi connectivity index (χ4v) is 0.523.